The van der Waals surface area contributed by atoms with Crippen LogP contribution in [0.5, 0.6) is 5.75 Å². The average Bonchev–Trinajstić information content (AvgIpc) is 3.57. The number of halogens is 1. The molecule has 0 bridgehead atoms. The fourth-order valence-corrected chi connectivity index (χ4v) is 3.84. The van der Waals surface area contributed by atoms with Crippen molar-refractivity contribution >= 4 is 34.2 Å². The number of aromatic amines is 1. The summed E-state index contributed by atoms with van der Waals surface area (Å²) in [7, 11) is 0. The van der Waals surface area contributed by atoms with Gasteiger partial charge in [0.1, 0.15) is 5.75 Å². The zero-order valence-corrected chi connectivity index (χ0v) is 19.0. The molecule has 1 aromatic carbocycles. The molecule has 9 heteroatoms. The van der Waals surface area contributed by atoms with E-state index in [1.807, 2.05) is 20.8 Å². The molecule has 2 N–H and O–H groups in total. The van der Waals surface area contributed by atoms with Crippen molar-refractivity contribution in [2.24, 2.45) is 5.92 Å². The van der Waals surface area contributed by atoms with Crippen molar-refractivity contribution < 1.29 is 9.53 Å². The SMILES string of the molecule is CCOc1ccc(Cl)cc1NC(=O)c1cc(C2CC2)nc2c1c(=O)[nH]c(=O)n2CC(C)C. The Morgan fingerprint density at radius 2 is 2.06 bits per heavy atom. The van der Waals surface area contributed by atoms with E-state index in [0.29, 0.717) is 35.3 Å². The van der Waals surface area contributed by atoms with Crippen LogP contribution in [0.2, 0.25) is 5.02 Å². The zero-order valence-electron chi connectivity index (χ0n) is 18.2. The second-order valence-corrected chi connectivity index (χ2v) is 8.80. The summed E-state index contributed by atoms with van der Waals surface area (Å²) in [6.45, 7) is 6.56. The molecule has 0 radical (unpaired) electrons. The molecule has 8 nitrogen and oxygen atoms in total. The predicted octanol–water partition coefficient (Wildman–Crippen LogP) is 3.92. The Morgan fingerprint density at radius 1 is 1.31 bits per heavy atom. The lowest BCUT2D eigenvalue weighted by Gasteiger charge is -2.16. The zero-order chi connectivity index (χ0) is 23.0. The highest BCUT2D eigenvalue weighted by molar-refractivity contribution is 6.31. The number of anilines is 1. The summed E-state index contributed by atoms with van der Waals surface area (Å²) in [5.41, 5.74) is 0.337. The third-order valence-electron chi connectivity index (χ3n) is 5.25. The summed E-state index contributed by atoms with van der Waals surface area (Å²) in [6.07, 6.45) is 1.92. The Kier molecular flexibility index (Phi) is 6.06. The van der Waals surface area contributed by atoms with Crippen molar-refractivity contribution in [1.29, 1.82) is 0 Å². The van der Waals surface area contributed by atoms with Gasteiger partial charge < -0.3 is 10.1 Å². The van der Waals surface area contributed by atoms with Gasteiger partial charge in [-0.3, -0.25) is 19.1 Å². The molecule has 1 amide bonds. The number of aromatic nitrogens is 3. The third-order valence-corrected chi connectivity index (χ3v) is 5.48. The van der Waals surface area contributed by atoms with Gasteiger partial charge in [-0.2, -0.15) is 0 Å². The van der Waals surface area contributed by atoms with Gasteiger partial charge in [-0.05, 0) is 49.9 Å². The number of ether oxygens (including phenoxy) is 1. The summed E-state index contributed by atoms with van der Waals surface area (Å²) < 4.78 is 7.03. The molecular formula is C23H25ClN4O4. The minimum absolute atomic E-state index is 0.0899. The maximum atomic E-state index is 13.4. The predicted molar refractivity (Wildman–Crippen MR) is 124 cm³/mol. The number of rotatable bonds is 7. The summed E-state index contributed by atoms with van der Waals surface area (Å²) in [6, 6.07) is 6.59. The number of H-pyrrole nitrogens is 1. The molecular weight excluding hydrogens is 432 g/mol. The van der Waals surface area contributed by atoms with Crippen LogP contribution in [0, 0.1) is 5.92 Å². The number of pyridine rings is 1. The molecule has 0 unspecified atom stereocenters. The minimum Gasteiger partial charge on any atom is -0.492 e. The Balaban J connectivity index is 1.89. The van der Waals surface area contributed by atoms with E-state index in [-0.39, 0.29) is 28.4 Å². The van der Waals surface area contributed by atoms with Gasteiger partial charge >= 0.3 is 5.69 Å². The molecule has 0 spiro atoms. The van der Waals surface area contributed by atoms with Crippen LogP contribution in [0.1, 0.15) is 55.6 Å². The van der Waals surface area contributed by atoms with Crippen LogP contribution >= 0.6 is 11.6 Å². The summed E-state index contributed by atoms with van der Waals surface area (Å²) in [5, 5.41) is 3.34. The molecule has 0 atom stereocenters. The van der Waals surface area contributed by atoms with Crippen LogP contribution in [-0.2, 0) is 6.54 Å². The highest BCUT2D eigenvalue weighted by Gasteiger charge is 2.29. The molecule has 3 aromatic rings. The van der Waals surface area contributed by atoms with E-state index in [4.69, 9.17) is 16.3 Å². The van der Waals surface area contributed by atoms with Crippen LogP contribution in [0.15, 0.2) is 33.9 Å². The number of fused-ring (bicyclic) bond motifs is 1. The van der Waals surface area contributed by atoms with Crippen molar-refractivity contribution in [3.63, 3.8) is 0 Å². The van der Waals surface area contributed by atoms with Gasteiger partial charge in [0.2, 0.25) is 0 Å². The van der Waals surface area contributed by atoms with Crippen LogP contribution in [0.3, 0.4) is 0 Å². The molecule has 1 aliphatic rings. The van der Waals surface area contributed by atoms with E-state index in [2.05, 4.69) is 15.3 Å². The second kappa shape index (κ2) is 8.78. The highest BCUT2D eigenvalue weighted by Crippen LogP contribution is 2.40. The van der Waals surface area contributed by atoms with E-state index < -0.39 is 17.2 Å². The lowest BCUT2D eigenvalue weighted by atomic mass is 10.1. The summed E-state index contributed by atoms with van der Waals surface area (Å²) >= 11 is 6.12. The fourth-order valence-electron chi connectivity index (χ4n) is 3.67. The fraction of sp³-hybridized carbons (Fsp3) is 0.391. The number of hydrogen-bond acceptors (Lipinski definition) is 5. The Labute approximate surface area is 189 Å². The first-order valence-electron chi connectivity index (χ1n) is 10.7. The second-order valence-electron chi connectivity index (χ2n) is 8.36. The number of amides is 1. The first kappa shape index (κ1) is 22.1. The van der Waals surface area contributed by atoms with E-state index in [9.17, 15) is 14.4 Å². The van der Waals surface area contributed by atoms with Crippen LogP contribution in [0.25, 0.3) is 11.0 Å². The van der Waals surface area contributed by atoms with E-state index in [1.54, 1.807) is 24.3 Å². The van der Waals surface area contributed by atoms with Crippen molar-refractivity contribution in [1.82, 2.24) is 14.5 Å². The van der Waals surface area contributed by atoms with Gasteiger partial charge in [0.05, 0.1) is 23.2 Å². The minimum atomic E-state index is -0.638. The Bertz CT molecular complexity index is 1310. The number of carbonyl (C=O) groups excluding carboxylic acids is 1. The lowest BCUT2D eigenvalue weighted by molar-refractivity contribution is 0.102. The largest absolute Gasteiger partial charge is 0.492 e. The van der Waals surface area contributed by atoms with Crippen molar-refractivity contribution in [3.05, 3.63) is 61.4 Å². The summed E-state index contributed by atoms with van der Waals surface area (Å²) in [5.74, 6) is 0.336. The molecule has 1 saturated carbocycles. The van der Waals surface area contributed by atoms with E-state index in [0.717, 1.165) is 12.8 Å². The normalized spacial score (nSPS) is 13.5. The number of nitrogens with one attached hydrogen (secondary N) is 2. The lowest BCUT2D eigenvalue weighted by Crippen LogP contribution is -2.33. The van der Waals surface area contributed by atoms with Gasteiger partial charge in [0.15, 0.2) is 5.65 Å². The molecule has 0 saturated heterocycles. The Hall–Kier alpha value is -3.13. The molecule has 1 aliphatic carbocycles. The third kappa shape index (κ3) is 4.41. The smallest absolute Gasteiger partial charge is 0.330 e. The van der Waals surface area contributed by atoms with Crippen molar-refractivity contribution in [2.75, 3.05) is 11.9 Å². The quantitative estimate of drug-likeness (QED) is 0.560. The first-order chi connectivity index (χ1) is 15.3. The average molecular weight is 457 g/mol. The molecule has 32 heavy (non-hydrogen) atoms. The van der Waals surface area contributed by atoms with E-state index >= 15 is 0 Å². The number of hydrogen-bond donors (Lipinski definition) is 2. The highest BCUT2D eigenvalue weighted by atomic mass is 35.5. The van der Waals surface area contributed by atoms with Crippen molar-refractivity contribution in [3.8, 4) is 5.75 Å². The molecule has 0 aliphatic heterocycles. The first-order valence-corrected chi connectivity index (χ1v) is 11.1. The monoisotopic (exact) mass is 456 g/mol. The van der Waals surface area contributed by atoms with Gasteiger partial charge in [0, 0.05) is 23.2 Å². The molecule has 4 rings (SSSR count). The topological polar surface area (TPSA) is 106 Å². The standard InChI is InChI=1S/C23H25ClN4O4/c1-4-32-18-8-7-14(24)9-17(18)26-21(29)15-10-16(13-5-6-13)25-20-19(15)22(30)27-23(31)28(20)11-12(2)3/h7-10,12-13H,4-6,11H2,1-3H3,(H,26,29)(H,27,30,31). The van der Waals surface area contributed by atoms with Gasteiger partial charge in [-0.15, -0.1) is 0 Å². The Morgan fingerprint density at radius 3 is 2.72 bits per heavy atom. The van der Waals surface area contributed by atoms with Gasteiger partial charge in [-0.1, -0.05) is 25.4 Å². The van der Waals surface area contributed by atoms with Gasteiger partial charge in [-0.25, -0.2) is 9.78 Å². The number of benzene rings is 1. The van der Waals surface area contributed by atoms with Crippen LogP contribution in [0.4, 0.5) is 5.69 Å². The van der Waals surface area contributed by atoms with Crippen LogP contribution in [-0.4, -0.2) is 27.0 Å². The number of nitrogens with zero attached hydrogens (tertiary/aromatic N) is 2. The summed E-state index contributed by atoms with van der Waals surface area (Å²) in [4.78, 5) is 45.7. The van der Waals surface area contributed by atoms with E-state index in [1.165, 1.54) is 4.57 Å². The maximum absolute atomic E-state index is 13.4. The van der Waals surface area contributed by atoms with Crippen molar-refractivity contribution in [2.45, 2.75) is 46.1 Å². The van der Waals surface area contributed by atoms with Crippen LogP contribution < -0.4 is 21.3 Å². The van der Waals surface area contributed by atoms with Gasteiger partial charge in [0.25, 0.3) is 11.5 Å². The molecule has 2 aromatic heterocycles. The molecule has 1 fully saturated rings. The molecule has 168 valence electrons. The number of carbonyl (C=O) groups is 1. The molecule has 2 heterocycles. The maximum Gasteiger partial charge on any atom is 0.330 e.